The third-order valence-corrected chi connectivity index (χ3v) is 4.66. The highest BCUT2D eigenvalue weighted by atomic mass is 16.6. The summed E-state index contributed by atoms with van der Waals surface area (Å²) in [7, 11) is 1.57. The zero-order valence-corrected chi connectivity index (χ0v) is 16.2. The number of hydrogen-bond acceptors (Lipinski definition) is 8. The Kier molecular flexibility index (Phi) is 6.52. The van der Waals surface area contributed by atoms with E-state index in [0.717, 1.165) is 5.56 Å². The topological polar surface area (TPSA) is 190 Å². The number of hydrogen-bond donors (Lipinski definition) is 6. The summed E-state index contributed by atoms with van der Waals surface area (Å²) in [5.74, 6) is -0.136. The molecule has 1 aliphatic rings. The molecule has 0 aliphatic carbocycles. The number of carbonyl (C=O) groups is 1. The molecule has 1 aromatic carbocycles. The van der Waals surface area contributed by atoms with E-state index in [4.69, 9.17) is 20.9 Å². The molecule has 1 fully saturated rings. The first-order chi connectivity index (χ1) is 14.3. The zero-order chi connectivity index (χ0) is 21.8. The Labute approximate surface area is 171 Å². The predicted molar refractivity (Wildman–Crippen MR) is 106 cm³/mol. The molecule has 0 radical (unpaired) electrons. The number of nitrogens with zero attached hydrogens (tertiary/aromatic N) is 3. The van der Waals surface area contributed by atoms with Crippen molar-refractivity contribution in [3.8, 4) is 5.75 Å². The van der Waals surface area contributed by atoms with Crippen molar-refractivity contribution in [2.45, 2.75) is 31.1 Å². The van der Waals surface area contributed by atoms with Gasteiger partial charge in [-0.3, -0.25) is 9.36 Å². The molecule has 4 atom stereocenters. The van der Waals surface area contributed by atoms with Crippen LogP contribution in [-0.4, -0.2) is 68.8 Å². The number of rotatable bonds is 7. The molecule has 1 saturated heterocycles. The van der Waals surface area contributed by atoms with Gasteiger partial charge in [0.1, 0.15) is 29.9 Å². The second-order valence-electron chi connectivity index (χ2n) is 6.62. The van der Waals surface area contributed by atoms with E-state index >= 15 is 0 Å². The van der Waals surface area contributed by atoms with Crippen LogP contribution in [0.3, 0.4) is 0 Å². The Morgan fingerprint density at radius 1 is 1.30 bits per heavy atom. The van der Waals surface area contributed by atoms with Gasteiger partial charge >= 0.3 is 0 Å². The molecule has 8 N–H and O–H groups in total. The molecular formula is C18H24N6O6. The van der Waals surface area contributed by atoms with E-state index in [0.29, 0.717) is 5.75 Å². The first-order valence-corrected chi connectivity index (χ1v) is 9.04. The van der Waals surface area contributed by atoms with E-state index in [1.807, 2.05) is 12.1 Å². The highest BCUT2D eigenvalue weighted by molar-refractivity contribution is 6.01. The normalized spacial score (nSPS) is 24.1. The smallest absolute Gasteiger partial charge is 0.271 e. The summed E-state index contributed by atoms with van der Waals surface area (Å²) in [5.41, 5.74) is 12.0. The van der Waals surface area contributed by atoms with Gasteiger partial charge in [-0.15, -0.1) is 0 Å². The van der Waals surface area contributed by atoms with E-state index in [9.17, 15) is 20.1 Å². The van der Waals surface area contributed by atoms with Crippen LogP contribution in [0.5, 0.6) is 5.75 Å². The molecule has 12 nitrogen and oxygen atoms in total. The number of imidazole rings is 1. The maximum atomic E-state index is 11.8. The van der Waals surface area contributed by atoms with Gasteiger partial charge < -0.3 is 41.6 Å². The lowest BCUT2D eigenvalue weighted by Gasteiger charge is -2.19. The van der Waals surface area contributed by atoms with E-state index in [1.54, 1.807) is 19.2 Å². The monoisotopic (exact) mass is 420 g/mol. The van der Waals surface area contributed by atoms with E-state index in [1.165, 1.54) is 10.9 Å². The van der Waals surface area contributed by atoms with E-state index in [-0.39, 0.29) is 24.0 Å². The number of carbonyl (C=O) groups excluding carboxylic acids is 1. The van der Waals surface area contributed by atoms with Gasteiger partial charge in [-0.25, -0.2) is 9.98 Å². The second-order valence-corrected chi connectivity index (χ2v) is 6.62. The number of aliphatic imine (C=N–C) groups is 1. The van der Waals surface area contributed by atoms with Crippen LogP contribution in [0.2, 0.25) is 0 Å². The van der Waals surface area contributed by atoms with Crippen molar-refractivity contribution >= 4 is 17.7 Å². The van der Waals surface area contributed by atoms with Crippen LogP contribution in [0.1, 0.15) is 22.3 Å². The molecule has 1 aliphatic heterocycles. The molecule has 0 unspecified atom stereocenters. The Morgan fingerprint density at radius 3 is 2.57 bits per heavy atom. The van der Waals surface area contributed by atoms with Crippen LogP contribution in [-0.2, 0) is 11.3 Å². The summed E-state index contributed by atoms with van der Waals surface area (Å²) in [6, 6.07) is 7.23. The summed E-state index contributed by atoms with van der Waals surface area (Å²) in [6.45, 7) is -0.253. The Hall–Kier alpha value is -3.19. The fourth-order valence-corrected chi connectivity index (χ4v) is 3.04. The van der Waals surface area contributed by atoms with Gasteiger partial charge in [0, 0.05) is 0 Å². The van der Waals surface area contributed by atoms with Gasteiger partial charge in [-0.1, -0.05) is 12.1 Å². The second kappa shape index (κ2) is 9.09. The Bertz CT molecular complexity index is 914. The van der Waals surface area contributed by atoms with Crippen molar-refractivity contribution in [2.75, 3.05) is 19.0 Å². The van der Waals surface area contributed by atoms with Crippen LogP contribution in [0.4, 0.5) is 5.82 Å². The molecule has 162 valence electrons. The summed E-state index contributed by atoms with van der Waals surface area (Å²) >= 11 is 0. The van der Waals surface area contributed by atoms with Gasteiger partial charge in [-0.2, -0.15) is 0 Å². The number of methoxy groups -OCH3 is 1. The van der Waals surface area contributed by atoms with E-state index in [2.05, 4.69) is 15.3 Å². The number of benzene rings is 1. The minimum atomic E-state index is -1.38. The average Bonchev–Trinajstić information content (AvgIpc) is 3.27. The molecule has 2 heterocycles. The van der Waals surface area contributed by atoms with Crippen molar-refractivity contribution < 1.29 is 29.6 Å². The maximum Gasteiger partial charge on any atom is 0.271 e. The number of aliphatic hydroxyl groups is 3. The molecule has 2 aromatic rings. The number of primary amides is 1. The third-order valence-electron chi connectivity index (χ3n) is 4.66. The summed E-state index contributed by atoms with van der Waals surface area (Å²) in [4.78, 5) is 19.9. The number of amides is 1. The van der Waals surface area contributed by atoms with Crippen molar-refractivity contribution in [1.29, 1.82) is 0 Å². The minimum Gasteiger partial charge on any atom is -0.497 e. The molecule has 1 amide bonds. The highest BCUT2D eigenvalue weighted by Gasteiger charge is 2.44. The van der Waals surface area contributed by atoms with Crippen molar-refractivity contribution in [3.63, 3.8) is 0 Å². The van der Waals surface area contributed by atoms with Gasteiger partial charge in [0.2, 0.25) is 0 Å². The van der Waals surface area contributed by atoms with E-state index < -0.39 is 37.1 Å². The van der Waals surface area contributed by atoms with Crippen LogP contribution < -0.4 is 21.5 Å². The SMILES string of the molecule is COc1ccc(CN=C(N)Nc2c(C(N)=O)ncn2[C@@H]2O[C@H](CO)[C@@H](O)[C@H]2O)cc1. The number of anilines is 1. The number of guanidine groups is 1. The molecule has 1 aromatic heterocycles. The molecule has 0 spiro atoms. The molecule has 0 saturated carbocycles. The van der Waals surface area contributed by atoms with Crippen LogP contribution in [0.25, 0.3) is 0 Å². The van der Waals surface area contributed by atoms with Gasteiger partial charge in [0.15, 0.2) is 17.9 Å². The predicted octanol–water partition coefficient (Wildman–Crippen LogP) is -1.47. The fraction of sp³-hybridized carbons (Fsp3) is 0.389. The lowest BCUT2D eigenvalue weighted by Crippen LogP contribution is -2.33. The lowest BCUT2D eigenvalue weighted by molar-refractivity contribution is -0.0518. The Balaban J connectivity index is 1.81. The average molecular weight is 420 g/mol. The number of nitrogens with one attached hydrogen (secondary N) is 1. The summed E-state index contributed by atoms with van der Waals surface area (Å²) in [6.07, 6.45) is -3.63. The van der Waals surface area contributed by atoms with Crippen molar-refractivity contribution in [2.24, 2.45) is 16.5 Å². The van der Waals surface area contributed by atoms with Crippen molar-refractivity contribution in [1.82, 2.24) is 9.55 Å². The molecular weight excluding hydrogens is 396 g/mol. The van der Waals surface area contributed by atoms with Crippen LogP contribution in [0, 0.1) is 0 Å². The molecule has 0 bridgehead atoms. The maximum absolute atomic E-state index is 11.8. The van der Waals surface area contributed by atoms with Gasteiger partial charge in [0.05, 0.1) is 26.6 Å². The zero-order valence-electron chi connectivity index (χ0n) is 16.2. The quantitative estimate of drug-likeness (QED) is 0.229. The fourth-order valence-electron chi connectivity index (χ4n) is 3.04. The molecule has 12 heteroatoms. The van der Waals surface area contributed by atoms with Crippen LogP contribution >= 0.6 is 0 Å². The van der Waals surface area contributed by atoms with Crippen LogP contribution in [0.15, 0.2) is 35.6 Å². The largest absolute Gasteiger partial charge is 0.497 e. The molecule has 30 heavy (non-hydrogen) atoms. The number of aliphatic hydroxyl groups excluding tert-OH is 3. The van der Waals surface area contributed by atoms with Gasteiger partial charge in [-0.05, 0) is 17.7 Å². The minimum absolute atomic E-state index is 0.0355. The van der Waals surface area contributed by atoms with Gasteiger partial charge in [0.25, 0.3) is 5.91 Å². The standard InChI is InChI=1S/C18H24N6O6/c1-29-10-4-2-9(3-5-10)6-21-18(20)23-16-12(15(19)28)22-8-24(16)17-14(27)13(26)11(7-25)30-17/h2-5,8,11,13-14,17,25-27H,6-7H2,1H3,(H2,19,28)(H3,20,21,23)/t11-,13-,14-,17-/m1/s1. The first-order valence-electron chi connectivity index (χ1n) is 9.04. The number of ether oxygens (including phenoxy) is 2. The first kappa shape index (κ1) is 21.5. The van der Waals surface area contributed by atoms with Crippen molar-refractivity contribution in [3.05, 3.63) is 41.9 Å². The number of nitrogens with two attached hydrogens (primary N) is 2. The number of aromatic nitrogens is 2. The third kappa shape index (κ3) is 4.36. The molecule has 3 rings (SSSR count). The summed E-state index contributed by atoms with van der Waals surface area (Å²) < 4.78 is 11.8. The summed E-state index contributed by atoms with van der Waals surface area (Å²) in [5, 5.41) is 32.3. The Morgan fingerprint density at radius 2 is 2.00 bits per heavy atom. The highest BCUT2D eigenvalue weighted by Crippen LogP contribution is 2.32. The lowest BCUT2D eigenvalue weighted by atomic mass is 10.1.